The van der Waals surface area contributed by atoms with Gasteiger partial charge in [0, 0.05) is 5.54 Å². The first-order valence-electron chi connectivity index (χ1n) is 8.21. The number of carboxylic acid groups (broad SMARTS) is 1. The molecular weight excluding hydrogens is 314 g/mol. The molecule has 0 amide bonds. The van der Waals surface area contributed by atoms with Crippen molar-refractivity contribution >= 4 is 16.0 Å². The van der Waals surface area contributed by atoms with E-state index in [1.165, 1.54) is 43.5 Å². The molecule has 124 valence electrons. The summed E-state index contributed by atoms with van der Waals surface area (Å²) in [6, 6.07) is 5.41. The second-order valence-corrected chi connectivity index (χ2v) is 9.30. The average Bonchev–Trinajstić information content (AvgIpc) is 2.44. The van der Waals surface area contributed by atoms with Gasteiger partial charge in [0.25, 0.3) is 0 Å². The Morgan fingerprint density at radius 3 is 2.17 bits per heavy atom. The molecule has 6 heteroatoms. The Morgan fingerprint density at radius 2 is 1.65 bits per heavy atom. The quantitative estimate of drug-likeness (QED) is 0.899. The number of carbonyl (C=O) groups excluding carboxylic acids is 1. The number of carbonyl (C=O) groups is 1. The highest BCUT2D eigenvalue weighted by atomic mass is 32.2. The molecule has 4 aliphatic carbocycles. The molecule has 5 rings (SSSR count). The average molecular weight is 334 g/mol. The van der Waals surface area contributed by atoms with Crippen LogP contribution in [0.4, 0.5) is 0 Å². The van der Waals surface area contributed by atoms with E-state index < -0.39 is 16.0 Å². The van der Waals surface area contributed by atoms with Crippen molar-refractivity contribution in [3.05, 3.63) is 29.8 Å². The molecule has 5 nitrogen and oxygen atoms in total. The molecule has 4 bridgehead atoms. The third-order valence-electron chi connectivity index (χ3n) is 5.77. The highest BCUT2D eigenvalue weighted by molar-refractivity contribution is 7.89. The van der Waals surface area contributed by atoms with Crippen molar-refractivity contribution in [3.63, 3.8) is 0 Å². The second kappa shape index (κ2) is 5.05. The highest BCUT2D eigenvalue weighted by Crippen LogP contribution is 2.55. The Balaban J connectivity index is 1.63. The Labute approximate surface area is 136 Å². The highest BCUT2D eigenvalue weighted by Gasteiger charge is 2.52. The summed E-state index contributed by atoms with van der Waals surface area (Å²) in [5, 5.41) is 11.0. The van der Waals surface area contributed by atoms with Crippen LogP contribution in [-0.4, -0.2) is 19.9 Å². The van der Waals surface area contributed by atoms with Crippen molar-refractivity contribution in [2.24, 2.45) is 17.8 Å². The molecule has 0 saturated heterocycles. The summed E-state index contributed by atoms with van der Waals surface area (Å²) in [6.07, 6.45) is 6.46. The molecular formula is C17H20NO4S-. The van der Waals surface area contributed by atoms with Crippen LogP contribution in [0.25, 0.3) is 0 Å². The molecule has 1 aromatic rings. The Bertz CT molecular complexity index is 720. The molecule has 0 heterocycles. The number of aromatic carboxylic acids is 1. The zero-order chi connectivity index (χ0) is 16.2. The van der Waals surface area contributed by atoms with Crippen LogP contribution in [0.1, 0.15) is 48.9 Å². The Kier molecular flexibility index (Phi) is 3.32. The number of sulfonamides is 1. The summed E-state index contributed by atoms with van der Waals surface area (Å²) in [6.45, 7) is 0. The van der Waals surface area contributed by atoms with Crippen molar-refractivity contribution < 1.29 is 18.3 Å². The van der Waals surface area contributed by atoms with Crippen molar-refractivity contribution in [1.82, 2.24) is 4.72 Å². The molecule has 4 aliphatic rings. The van der Waals surface area contributed by atoms with E-state index in [0.29, 0.717) is 17.8 Å². The lowest BCUT2D eigenvalue weighted by molar-refractivity contribution is -0.255. The lowest BCUT2D eigenvalue weighted by atomic mass is 9.53. The van der Waals surface area contributed by atoms with Crippen LogP contribution in [0.5, 0.6) is 0 Å². The molecule has 0 radical (unpaired) electrons. The fraction of sp³-hybridized carbons (Fsp3) is 0.588. The van der Waals surface area contributed by atoms with E-state index >= 15 is 0 Å². The molecule has 0 atom stereocenters. The van der Waals surface area contributed by atoms with Gasteiger partial charge in [0.15, 0.2) is 0 Å². The summed E-state index contributed by atoms with van der Waals surface area (Å²) >= 11 is 0. The number of rotatable bonds is 4. The minimum Gasteiger partial charge on any atom is -0.545 e. The predicted octanol–water partition coefficient (Wildman–Crippen LogP) is 1.30. The zero-order valence-corrected chi connectivity index (χ0v) is 13.6. The number of benzene rings is 1. The minimum absolute atomic E-state index is 0.00921. The molecule has 4 fully saturated rings. The van der Waals surface area contributed by atoms with Crippen LogP contribution in [0, 0.1) is 17.8 Å². The first-order chi connectivity index (χ1) is 10.9. The number of nitrogens with one attached hydrogen (secondary N) is 1. The summed E-state index contributed by atoms with van der Waals surface area (Å²) in [7, 11) is -3.72. The number of hydrogen-bond donors (Lipinski definition) is 1. The lowest BCUT2D eigenvalue weighted by Gasteiger charge is -2.56. The van der Waals surface area contributed by atoms with E-state index in [2.05, 4.69) is 4.72 Å². The van der Waals surface area contributed by atoms with Crippen molar-refractivity contribution in [2.75, 3.05) is 0 Å². The maximum absolute atomic E-state index is 12.8. The van der Waals surface area contributed by atoms with E-state index in [4.69, 9.17) is 0 Å². The van der Waals surface area contributed by atoms with Crippen LogP contribution in [0.2, 0.25) is 0 Å². The van der Waals surface area contributed by atoms with Gasteiger partial charge in [-0.1, -0.05) is 12.1 Å². The third kappa shape index (κ3) is 2.68. The van der Waals surface area contributed by atoms with Gasteiger partial charge >= 0.3 is 0 Å². The van der Waals surface area contributed by atoms with Gasteiger partial charge in [0.05, 0.1) is 10.9 Å². The fourth-order valence-electron chi connectivity index (χ4n) is 5.37. The van der Waals surface area contributed by atoms with Gasteiger partial charge in [-0.25, -0.2) is 13.1 Å². The maximum atomic E-state index is 12.8. The first kappa shape index (κ1) is 15.1. The van der Waals surface area contributed by atoms with Gasteiger partial charge in [-0.15, -0.1) is 0 Å². The third-order valence-corrected chi connectivity index (χ3v) is 7.35. The fourth-order valence-corrected chi connectivity index (χ4v) is 6.85. The second-order valence-electron chi connectivity index (χ2n) is 7.62. The van der Waals surface area contributed by atoms with Gasteiger partial charge < -0.3 is 9.90 Å². The largest absolute Gasteiger partial charge is 0.545 e. The molecule has 1 aromatic carbocycles. The van der Waals surface area contributed by atoms with Crippen LogP contribution < -0.4 is 9.83 Å². The summed E-state index contributed by atoms with van der Waals surface area (Å²) < 4.78 is 28.5. The zero-order valence-electron chi connectivity index (χ0n) is 12.8. The Morgan fingerprint density at radius 1 is 1.09 bits per heavy atom. The van der Waals surface area contributed by atoms with E-state index in [9.17, 15) is 18.3 Å². The van der Waals surface area contributed by atoms with Crippen LogP contribution in [0.3, 0.4) is 0 Å². The smallest absolute Gasteiger partial charge is 0.241 e. The summed E-state index contributed by atoms with van der Waals surface area (Å²) in [5.41, 5.74) is -0.441. The van der Waals surface area contributed by atoms with Crippen LogP contribution in [0.15, 0.2) is 29.2 Å². The molecule has 0 unspecified atom stereocenters. The van der Waals surface area contributed by atoms with Crippen LogP contribution >= 0.6 is 0 Å². The van der Waals surface area contributed by atoms with Gasteiger partial charge in [-0.05, 0) is 74.0 Å². The van der Waals surface area contributed by atoms with E-state index in [1.54, 1.807) is 0 Å². The standard InChI is InChI=1S/C17H21NO4S/c19-16(20)14-2-1-3-15(7-14)23(21,22)18-17-8-11-4-12(9-17)6-13(5-11)10-17/h1-3,7,11-13,18H,4-6,8-10H2,(H,19,20)/p-1. The van der Waals surface area contributed by atoms with Crippen molar-refractivity contribution in [3.8, 4) is 0 Å². The SMILES string of the molecule is O=C([O-])c1cccc(S(=O)(=O)NC23CC4CC(CC(C4)C2)C3)c1. The maximum Gasteiger partial charge on any atom is 0.241 e. The van der Waals surface area contributed by atoms with E-state index in [0.717, 1.165) is 19.3 Å². The molecule has 0 aromatic heterocycles. The summed E-state index contributed by atoms with van der Waals surface area (Å²) in [4.78, 5) is 11.0. The summed E-state index contributed by atoms with van der Waals surface area (Å²) in [5.74, 6) is 0.548. The minimum atomic E-state index is -3.72. The Hall–Kier alpha value is -1.40. The monoisotopic (exact) mass is 334 g/mol. The van der Waals surface area contributed by atoms with Gasteiger partial charge in [-0.3, -0.25) is 0 Å². The predicted molar refractivity (Wildman–Crippen MR) is 82.0 cm³/mol. The topological polar surface area (TPSA) is 86.3 Å². The van der Waals surface area contributed by atoms with E-state index in [-0.39, 0.29) is 16.0 Å². The van der Waals surface area contributed by atoms with Gasteiger partial charge in [-0.2, -0.15) is 0 Å². The lowest BCUT2D eigenvalue weighted by Crippen LogP contribution is -2.59. The van der Waals surface area contributed by atoms with Gasteiger partial charge in [0.2, 0.25) is 10.0 Å². The van der Waals surface area contributed by atoms with Crippen LogP contribution in [-0.2, 0) is 10.0 Å². The first-order valence-corrected chi connectivity index (χ1v) is 9.69. The number of hydrogen-bond acceptors (Lipinski definition) is 4. The van der Waals surface area contributed by atoms with Crippen molar-refractivity contribution in [2.45, 2.75) is 49.0 Å². The van der Waals surface area contributed by atoms with Gasteiger partial charge in [0.1, 0.15) is 0 Å². The molecule has 0 spiro atoms. The molecule has 23 heavy (non-hydrogen) atoms. The molecule has 0 aliphatic heterocycles. The van der Waals surface area contributed by atoms with E-state index in [1.807, 2.05) is 0 Å². The number of carboxylic acids is 1. The normalized spacial score (nSPS) is 35.4. The molecule has 4 saturated carbocycles. The molecule has 1 N–H and O–H groups in total. The van der Waals surface area contributed by atoms with Crippen molar-refractivity contribution in [1.29, 1.82) is 0 Å².